The smallest absolute Gasteiger partial charge is 0.165 e. The number of hydrogen-bond donors (Lipinski definition) is 1. The highest BCUT2D eigenvalue weighted by molar-refractivity contribution is 5.34. The van der Waals surface area contributed by atoms with Gasteiger partial charge in [0.25, 0.3) is 0 Å². The molecule has 4 heteroatoms. The minimum absolute atomic E-state index is 0.302. The summed E-state index contributed by atoms with van der Waals surface area (Å²) >= 11 is 0. The fourth-order valence-electron chi connectivity index (χ4n) is 1.68. The number of nitrogens with one attached hydrogen (secondary N) is 1. The van der Waals surface area contributed by atoms with Gasteiger partial charge in [-0.1, -0.05) is 26.0 Å². The third-order valence-electron chi connectivity index (χ3n) is 2.60. The second kappa shape index (κ2) is 8.49. The van der Waals surface area contributed by atoms with E-state index in [4.69, 9.17) is 10.00 Å². The molecule has 0 aliphatic heterocycles. The Bertz CT molecular complexity index is 427. The summed E-state index contributed by atoms with van der Waals surface area (Å²) in [6, 6.07) is 6.98. The summed E-state index contributed by atoms with van der Waals surface area (Å²) in [7, 11) is 0. The summed E-state index contributed by atoms with van der Waals surface area (Å²) in [6.07, 6.45) is 1.04. The Balaban J connectivity index is 2.59. The van der Waals surface area contributed by atoms with Crippen LogP contribution in [0, 0.1) is 23.1 Å². The third-order valence-corrected chi connectivity index (χ3v) is 2.60. The number of ether oxygens (including phenoxy) is 1. The van der Waals surface area contributed by atoms with Crippen LogP contribution in [0.5, 0.6) is 5.75 Å². The predicted molar refractivity (Wildman–Crippen MR) is 73.3 cm³/mol. The van der Waals surface area contributed by atoms with Crippen molar-refractivity contribution in [3.05, 3.63) is 29.6 Å². The molecule has 1 N–H and O–H groups in total. The topological polar surface area (TPSA) is 45.0 Å². The van der Waals surface area contributed by atoms with Crippen LogP contribution in [-0.2, 0) is 6.54 Å². The van der Waals surface area contributed by atoms with Crippen LogP contribution in [0.1, 0.15) is 32.3 Å². The lowest BCUT2D eigenvalue weighted by molar-refractivity contribution is 0.293. The van der Waals surface area contributed by atoms with E-state index in [2.05, 4.69) is 19.2 Å². The van der Waals surface area contributed by atoms with Crippen molar-refractivity contribution in [2.45, 2.75) is 33.2 Å². The van der Waals surface area contributed by atoms with Crippen molar-refractivity contribution in [3.63, 3.8) is 0 Å². The number of unbranched alkanes of at least 4 members (excludes halogenated alkanes) is 1. The largest absolute Gasteiger partial charge is 0.490 e. The Labute approximate surface area is 114 Å². The molecule has 3 nitrogen and oxygen atoms in total. The van der Waals surface area contributed by atoms with Gasteiger partial charge in [0.15, 0.2) is 11.6 Å². The zero-order valence-corrected chi connectivity index (χ0v) is 11.6. The molecule has 0 bridgehead atoms. The molecule has 0 fully saturated rings. The quantitative estimate of drug-likeness (QED) is 0.733. The minimum Gasteiger partial charge on any atom is -0.490 e. The number of hydrogen-bond acceptors (Lipinski definition) is 3. The molecule has 0 spiro atoms. The van der Waals surface area contributed by atoms with E-state index in [-0.39, 0.29) is 5.82 Å². The van der Waals surface area contributed by atoms with Gasteiger partial charge in [0, 0.05) is 18.5 Å². The number of benzene rings is 1. The molecule has 0 amide bonds. The van der Waals surface area contributed by atoms with Gasteiger partial charge in [-0.3, -0.25) is 0 Å². The van der Waals surface area contributed by atoms with Crippen LogP contribution in [0.4, 0.5) is 4.39 Å². The highest BCUT2D eigenvalue weighted by Gasteiger charge is 2.09. The van der Waals surface area contributed by atoms with Crippen LogP contribution in [-0.4, -0.2) is 13.2 Å². The zero-order valence-electron chi connectivity index (χ0n) is 11.6. The van der Waals surface area contributed by atoms with Crippen molar-refractivity contribution in [3.8, 4) is 11.8 Å². The fraction of sp³-hybridized carbons (Fsp3) is 0.533. The summed E-state index contributed by atoms with van der Waals surface area (Å²) in [5.41, 5.74) is 0.817. The number of halogens is 1. The summed E-state index contributed by atoms with van der Waals surface area (Å²) in [5.74, 6) is 0.506. The van der Waals surface area contributed by atoms with Crippen LogP contribution in [0.2, 0.25) is 0 Å². The van der Waals surface area contributed by atoms with E-state index in [1.54, 1.807) is 6.07 Å². The van der Waals surface area contributed by atoms with Crippen molar-refractivity contribution < 1.29 is 9.13 Å². The lowest BCUT2D eigenvalue weighted by atomic mass is 10.1. The van der Waals surface area contributed by atoms with Gasteiger partial charge in [0.05, 0.1) is 12.7 Å². The minimum atomic E-state index is -0.346. The van der Waals surface area contributed by atoms with Crippen molar-refractivity contribution >= 4 is 0 Å². The van der Waals surface area contributed by atoms with E-state index >= 15 is 0 Å². The van der Waals surface area contributed by atoms with Crippen LogP contribution in [0.25, 0.3) is 0 Å². The van der Waals surface area contributed by atoms with Gasteiger partial charge in [-0.25, -0.2) is 4.39 Å². The van der Waals surface area contributed by atoms with E-state index in [1.165, 1.54) is 6.07 Å². The van der Waals surface area contributed by atoms with Gasteiger partial charge in [0.2, 0.25) is 0 Å². The summed E-state index contributed by atoms with van der Waals surface area (Å²) in [6.45, 7) is 6.08. The number of para-hydroxylation sites is 1. The highest BCUT2D eigenvalue weighted by Crippen LogP contribution is 2.23. The normalized spacial score (nSPS) is 10.5. The molecule has 104 valence electrons. The first-order valence-corrected chi connectivity index (χ1v) is 6.63. The van der Waals surface area contributed by atoms with Crippen LogP contribution >= 0.6 is 0 Å². The molecule has 19 heavy (non-hydrogen) atoms. The van der Waals surface area contributed by atoms with E-state index in [0.717, 1.165) is 12.1 Å². The first kappa shape index (κ1) is 15.5. The molecule has 1 rings (SSSR count). The maximum atomic E-state index is 13.7. The Kier molecular flexibility index (Phi) is 6.91. The van der Waals surface area contributed by atoms with Crippen molar-refractivity contribution in [1.82, 2.24) is 5.32 Å². The Hall–Kier alpha value is -1.60. The molecule has 0 unspecified atom stereocenters. The highest BCUT2D eigenvalue weighted by atomic mass is 19.1. The van der Waals surface area contributed by atoms with Crippen molar-refractivity contribution in [2.75, 3.05) is 13.2 Å². The summed E-state index contributed by atoms with van der Waals surface area (Å²) < 4.78 is 19.2. The van der Waals surface area contributed by atoms with E-state index in [0.29, 0.717) is 37.7 Å². The van der Waals surface area contributed by atoms with E-state index in [9.17, 15) is 4.39 Å². The number of nitriles is 1. The SMILES string of the molecule is CC(C)CNCc1cccc(F)c1OCCCC#N. The first-order chi connectivity index (χ1) is 9.15. The number of nitrogens with zero attached hydrogens (tertiary/aromatic N) is 1. The fourth-order valence-corrected chi connectivity index (χ4v) is 1.68. The third kappa shape index (κ3) is 5.71. The van der Waals surface area contributed by atoms with Gasteiger partial charge in [-0.2, -0.15) is 5.26 Å². The molecular formula is C15H21FN2O. The second-order valence-electron chi connectivity index (χ2n) is 4.86. The first-order valence-electron chi connectivity index (χ1n) is 6.63. The van der Waals surface area contributed by atoms with Crippen LogP contribution in [0.15, 0.2) is 18.2 Å². The second-order valence-corrected chi connectivity index (χ2v) is 4.86. The van der Waals surface area contributed by atoms with Gasteiger partial charge < -0.3 is 10.1 Å². The van der Waals surface area contributed by atoms with Crippen molar-refractivity contribution in [1.29, 1.82) is 5.26 Å². The molecule has 0 atom stereocenters. The predicted octanol–water partition coefficient (Wildman–Crippen LogP) is 3.25. The molecular weight excluding hydrogens is 243 g/mol. The Morgan fingerprint density at radius 2 is 2.21 bits per heavy atom. The Morgan fingerprint density at radius 1 is 1.42 bits per heavy atom. The molecule has 0 radical (unpaired) electrons. The standard InChI is InChI=1S/C15H21FN2O/c1-12(2)10-18-11-13-6-5-7-14(16)15(13)19-9-4-3-8-17/h5-7,12,18H,3-4,9-11H2,1-2H3. The van der Waals surface area contributed by atoms with Crippen LogP contribution in [0.3, 0.4) is 0 Å². The molecule has 0 heterocycles. The molecule has 0 saturated carbocycles. The molecule has 1 aromatic rings. The van der Waals surface area contributed by atoms with E-state index in [1.807, 2.05) is 12.1 Å². The average Bonchev–Trinajstić information content (AvgIpc) is 2.36. The maximum Gasteiger partial charge on any atom is 0.165 e. The lowest BCUT2D eigenvalue weighted by Crippen LogP contribution is -2.19. The average molecular weight is 264 g/mol. The molecule has 0 aliphatic rings. The van der Waals surface area contributed by atoms with Gasteiger partial charge in [-0.15, -0.1) is 0 Å². The molecule has 1 aromatic carbocycles. The molecule has 0 aromatic heterocycles. The molecule has 0 aliphatic carbocycles. The van der Waals surface area contributed by atoms with Gasteiger partial charge in [0.1, 0.15) is 0 Å². The maximum absolute atomic E-state index is 13.7. The van der Waals surface area contributed by atoms with Gasteiger partial charge in [-0.05, 0) is 24.9 Å². The summed E-state index contributed by atoms with van der Waals surface area (Å²) in [4.78, 5) is 0. The zero-order chi connectivity index (χ0) is 14.1. The molecule has 0 saturated heterocycles. The number of rotatable bonds is 8. The Morgan fingerprint density at radius 3 is 2.89 bits per heavy atom. The van der Waals surface area contributed by atoms with Crippen molar-refractivity contribution in [2.24, 2.45) is 5.92 Å². The summed E-state index contributed by atoms with van der Waals surface area (Å²) in [5, 5.41) is 11.7. The van der Waals surface area contributed by atoms with Gasteiger partial charge >= 0.3 is 0 Å². The monoisotopic (exact) mass is 264 g/mol. The lowest BCUT2D eigenvalue weighted by Gasteiger charge is -2.13. The van der Waals surface area contributed by atoms with Crippen LogP contribution < -0.4 is 10.1 Å². The van der Waals surface area contributed by atoms with E-state index < -0.39 is 0 Å².